The van der Waals surface area contributed by atoms with Crippen molar-refractivity contribution in [1.82, 2.24) is 9.97 Å². The third-order valence-corrected chi connectivity index (χ3v) is 2.88. The lowest BCUT2D eigenvalue weighted by Gasteiger charge is -2.18. The summed E-state index contributed by atoms with van der Waals surface area (Å²) < 4.78 is 5.52. The van der Waals surface area contributed by atoms with Crippen LogP contribution in [-0.2, 0) is 6.54 Å². The summed E-state index contributed by atoms with van der Waals surface area (Å²) in [7, 11) is 1.94. The minimum Gasteiger partial charge on any atom is -0.478 e. The molecule has 0 aliphatic carbocycles. The molecule has 0 saturated heterocycles. The van der Waals surface area contributed by atoms with Gasteiger partial charge in [0.2, 0.25) is 11.8 Å². The number of benzene rings is 1. The Morgan fingerprint density at radius 2 is 2.05 bits per heavy atom. The van der Waals surface area contributed by atoms with Crippen molar-refractivity contribution in [1.29, 1.82) is 0 Å². The van der Waals surface area contributed by atoms with Gasteiger partial charge in [0.1, 0.15) is 0 Å². The van der Waals surface area contributed by atoms with E-state index in [0.717, 1.165) is 17.7 Å². The lowest BCUT2D eigenvalue weighted by atomic mass is 10.2. The van der Waals surface area contributed by atoms with Crippen molar-refractivity contribution >= 4 is 11.6 Å². The van der Waals surface area contributed by atoms with Crippen molar-refractivity contribution in [2.24, 2.45) is 0 Å². The third-order valence-electron chi connectivity index (χ3n) is 2.88. The molecule has 2 N–H and O–H groups in total. The van der Waals surface area contributed by atoms with Gasteiger partial charge in [-0.25, -0.2) is 4.98 Å². The van der Waals surface area contributed by atoms with Gasteiger partial charge in [-0.05, 0) is 18.1 Å². The second-order valence-electron chi connectivity index (χ2n) is 4.60. The van der Waals surface area contributed by atoms with Gasteiger partial charge in [-0.1, -0.05) is 25.1 Å². The maximum Gasteiger partial charge on any atom is 0.228 e. The Hall–Kier alpha value is -2.30. The van der Waals surface area contributed by atoms with Gasteiger partial charge in [0.25, 0.3) is 0 Å². The Bertz CT molecular complexity index is 559. The molecule has 0 saturated carbocycles. The fraction of sp³-hybridized carbons (Fsp3) is 0.333. The summed E-state index contributed by atoms with van der Waals surface area (Å²) in [6, 6.07) is 9.56. The first-order valence-corrected chi connectivity index (χ1v) is 6.71. The summed E-state index contributed by atoms with van der Waals surface area (Å²) >= 11 is 0. The van der Waals surface area contributed by atoms with Crippen LogP contribution in [-0.4, -0.2) is 23.6 Å². The van der Waals surface area contributed by atoms with Crippen LogP contribution in [0.2, 0.25) is 0 Å². The second kappa shape index (κ2) is 6.75. The molecule has 0 atom stereocenters. The first-order chi connectivity index (χ1) is 9.70. The maximum absolute atomic E-state index is 5.95. The zero-order chi connectivity index (χ0) is 14.4. The number of para-hydroxylation sites is 1. The molecule has 0 aliphatic heterocycles. The fourth-order valence-corrected chi connectivity index (χ4v) is 1.81. The Balaban J connectivity index is 2.09. The summed E-state index contributed by atoms with van der Waals surface area (Å²) in [5.41, 5.74) is 7.78. The number of hydrogen-bond acceptors (Lipinski definition) is 5. The van der Waals surface area contributed by atoms with Crippen LogP contribution in [0.4, 0.5) is 11.6 Å². The minimum absolute atomic E-state index is 0.602. The molecule has 20 heavy (non-hydrogen) atoms. The monoisotopic (exact) mass is 272 g/mol. The zero-order valence-electron chi connectivity index (χ0n) is 11.9. The number of nitrogens with zero attached hydrogens (tertiary/aromatic N) is 3. The summed E-state index contributed by atoms with van der Waals surface area (Å²) in [6.45, 7) is 3.38. The van der Waals surface area contributed by atoms with E-state index in [-0.39, 0.29) is 0 Å². The van der Waals surface area contributed by atoms with E-state index in [0.29, 0.717) is 25.0 Å². The number of rotatable bonds is 6. The average molecular weight is 272 g/mol. The molecule has 1 heterocycles. The second-order valence-corrected chi connectivity index (χ2v) is 4.60. The highest BCUT2D eigenvalue weighted by molar-refractivity contribution is 5.48. The van der Waals surface area contributed by atoms with Gasteiger partial charge in [-0.3, -0.25) is 0 Å². The molecule has 106 valence electrons. The van der Waals surface area contributed by atoms with Crippen LogP contribution in [0.1, 0.15) is 18.9 Å². The van der Waals surface area contributed by atoms with Gasteiger partial charge in [0, 0.05) is 31.5 Å². The SMILES string of the molecule is CCCOc1ccnc(N(C)Cc2ccccc2N)n1. The van der Waals surface area contributed by atoms with Crippen LogP contribution in [0, 0.1) is 0 Å². The van der Waals surface area contributed by atoms with E-state index in [1.807, 2.05) is 36.2 Å². The number of nitrogen functional groups attached to an aromatic ring is 1. The van der Waals surface area contributed by atoms with Gasteiger partial charge in [0.15, 0.2) is 0 Å². The predicted molar refractivity (Wildman–Crippen MR) is 80.8 cm³/mol. The Morgan fingerprint density at radius 3 is 2.80 bits per heavy atom. The number of nitrogens with two attached hydrogens (primary N) is 1. The summed E-state index contributed by atoms with van der Waals surface area (Å²) in [5.74, 6) is 1.23. The first kappa shape index (κ1) is 14.1. The van der Waals surface area contributed by atoms with Crippen molar-refractivity contribution in [3.05, 3.63) is 42.1 Å². The van der Waals surface area contributed by atoms with Gasteiger partial charge in [-0.15, -0.1) is 0 Å². The molecule has 0 bridgehead atoms. The predicted octanol–water partition coefficient (Wildman–Crippen LogP) is 2.48. The molecule has 0 aliphatic rings. The molecular weight excluding hydrogens is 252 g/mol. The quantitative estimate of drug-likeness (QED) is 0.818. The highest BCUT2D eigenvalue weighted by atomic mass is 16.5. The lowest BCUT2D eigenvalue weighted by molar-refractivity contribution is 0.305. The molecule has 0 radical (unpaired) electrons. The van der Waals surface area contributed by atoms with E-state index >= 15 is 0 Å². The van der Waals surface area contributed by atoms with E-state index < -0.39 is 0 Å². The van der Waals surface area contributed by atoms with Crippen LogP contribution in [0.5, 0.6) is 5.88 Å². The summed E-state index contributed by atoms with van der Waals surface area (Å²) in [5, 5.41) is 0. The van der Waals surface area contributed by atoms with Crippen LogP contribution < -0.4 is 15.4 Å². The molecule has 5 nitrogen and oxygen atoms in total. The van der Waals surface area contributed by atoms with Gasteiger partial charge in [0.05, 0.1) is 6.61 Å². The minimum atomic E-state index is 0.602. The lowest BCUT2D eigenvalue weighted by Crippen LogP contribution is -2.20. The Kier molecular flexibility index (Phi) is 4.76. The van der Waals surface area contributed by atoms with Crippen molar-refractivity contribution < 1.29 is 4.74 Å². The van der Waals surface area contributed by atoms with Crippen LogP contribution in [0.3, 0.4) is 0 Å². The van der Waals surface area contributed by atoms with E-state index in [9.17, 15) is 0 Å². The summed E-state index contributed by atoms with van der Waals surface area (Å²) in [4.78, 5) is 10.6. The largest absolute Gasteiger partial charge is 0.478 e. The van der Waals surface area contributed by atoms with E-state index in [4.69, 9.17) is 10.5 Å². The smallest absolute Gasteiger partial charge is 0.228 e. The van der Waals surface area contributed by atoms with Crippen LogP contribution >= 0.6 is 0 Å². The van der Waals surface area contributed by atoms with Crippen molar-refractivity contribution in [2.75, 3.05) is 24.3 Å². The third kappa shape index (κ3) is 3.60. The molecular formula is C15H20N4O. The number of anilines is 2. The molecule has 0 amide bonds. The molecule has 2 aromatic rings. The molecule has 2 rings (SSSR count). The molecule has 1 aromatic heterocycles. The number of aromatic nitrogens is 2. The van der Waals surface area contributed by atoms with Crippen LogP contribution in [0.15, 0.2) is 36.5 Å². The van der Waals surface area contributed by atoms with Crippen molar-refractivity contribution in [2.45, 2.75) is 19.9 Å². The molecule has 0 fully saturated rings. The zero-order valence-corrected chi connectivity index (χ0v) is 11.9. The van der Waals surface area contributed by atoms with Gasteiger partial charge >= 0.3 is 0 Å². The fourth-order valence-electron chi connectivity index (χ4n) is 1.81. The highest BCUT2D eigenvalue weighted by Gasteiger charge is 2.08. The standard InChI is InChI=1S/C15H20N4O/c1-3-10-20-14-8-9-17-15(18-14)19(2)11-12-6-4-5-7-13(12)16/h4-9H,3,10-11,16H2,1-2H3. The topological polar surface area (TPSA) is 64.3 Å². The average Bonchev–Trinajstić information content (AvgIpc) is 2.48. The van der Waals surface area contributed by atoms with Gasteiger partial charge in [-0.2, -0.15) is 4.98 Å². The van der Waals surface area contributed by atoms with E-state index in [1.165, 1.54) is 0 Å². The van der Waals surface area contributed by atoms with Crippen molar-refractivity contribution in [3.63, 3.8) is 0 Å². The van der Waals surface area contributed by atoms with Crippen molar-refractivity contribution in [3.8, 4) is 5.88 Å². The molecule has 0 unspecified atom stereocenters. The Morgan fingerprint density at radius 1 is 1.25 bits per heavy atom. The molecule has 0 spiro atoms. The van der Waals surface area contributed by atoms with Crippen LogP contribution in [0.25, 0.3) is 0 Å². The maximum atomic E-state index is 5.95. The first-order valence-electron chi connectivity index (χ1n) is 6.71. The van der Waals surface area contributed by atoms with Gasteiger partial charge < -0.3 is 15.4 Å². The summed E-state index contributed by atoms with van der Waals surface area (Å²) in [6.07, 6.45) is 2.66. The number of ether oxygens (including phenoxy) is 1. The highest BCUT2D eigenvalue weighted by Crippen LogP contribution is 2.17. The van der Waals surface area contributed by atoms with E-state index in [2.05, 4.69) is 16.9 Å². The normalized spacial score (nSPS) is 10.3. The number of hydrogen-bond donors (Lipinski definition) is 1. The van der Waals surface area contributed by atoms with E-state index in [1.54, 1.807) is 12.3 Å². The molecule has 5 heteroatoms. The molecule has 1 aromatic carbocycles. The Labute approximate surface area is 119 Å².